The molecule has 0 radical (unpaired) electrons. The second-order valence-corrected chi connectivity index (χ2v) is 9.06. The molecule has 2 fully saturated rings. The molecule has 2 aliphatic rings. The quantitative estimate of drug-likeness (QED) is 0.392. The largest absolute Gasteiger partial charge is 0.357 e. The van der Waals surface area contributed by atoms with E-state index in [2.05, 4.69) is 17.5 Å². The molecule has 0 N–H and O–H groups in total. The summed E-state index contributed by atoms with van der Waals surface area (Å²) >= 11 is 6.61. The fourth-order valence-corrected chi connectivity index (χ4v) is 5.24. The normalized spacial score (nSPS) is 18.6. The number of nitriles is 1. The lowest BCUT2D eigenvalue weighted by Crippen LogP contribution is -2.35. The highest BCUT2D eigenvalue weighted by molar-refractivity contribution is 8.26. The molecule has 2 saturated heterocycles. The Morgan fingerprint density at radius 3 is 2.47 bits per heavy atom. The molecule has 0 atom stereocenters. The van der Waals surface area contributed by atoms with Crippen LogP contribution in [-0.2, 0) is 11.3 Å². The van der Waals surface area contributed by atoms with Crippen molar-refractivity contribution in [2.24, 2.45) is 0 Å². The van der Waals surface area contributed by atoms with Crippen molar-refractivity contribution in [3.63, 3.8) is 0 Å². The zero-order chi connectivity index (χ0) is 21.8. The van der Waals surface area contributed by atoms with Gasteiger partial charge >= 0.3 is 0 Å². The van der Waals surface area contributed by atoms with E-state index in [1.165, 1.54) is 16.7 Å². The zero-order valence-electron chi connectivity index (χ0n) is 17.4. The summed E-state index contributed by atoms with van der Waals surface area (Å²) in [6.45, 7) is 9.91. The van der Waals surface area contributed by atoms with E-state index in [9.17, 15) is 14.9 Å². The maximum atomic E-state index is 13.0. The Bertz CT molecular complexity index is 1010. The third kappa shape index (κ3) is 4.09. The van der Waals surface area contributed by atoms with Crippen LogP contribution in [0.2, 0.25) is 0 Å². The summed E-state index contributed by atoms with van der Waals surface area (Å²) in [5, 5.41) is 9.65. The van der Waals surface area contributed by atoms with Gasteiger partial charge in [0.2, 0.25) is 0 Å². The Balaban J connectivity index is 2.23. The first-order valence-corrected chi connectivity index (χ1v) is 11.5. The SMILES string of the molecule is C=CCN1C(=O)/C(=C\c2c(C)c(C#N)c(=O)n(CC)c2N2CCCCCC2)SC1=S. The van der Waals surface area contributed by atoms with Crippen molar-refractivity contribution < 1.29 is 4.79 Å². The molecule has 1 amide bonds. The number of thiocarbonyl (C=S) groups is 1. The highest BCUT2D eigenvalue weighted by Gasteiger charge is 2.32. The minimum absolute atomic E-state index is 0.128. The number of rotatable bonds is 5. The molecule has 30 heavy (non-hydrogen) atoms. The highest BCUT2D eigenvalue weighted by atomic mass is 32.2. The molecule has 158 valence electrons. The van der Waals surface area contributed by atoms with E-state index in [0.717, 1.165) is 50.2 Å². The number of pyridine rings is 1. The molecule has 0 aliphatic carbocycles. The Hall–Kier alpha value is -2.37. The first-order valence-electron chi connectivity index (χ1n) is 10.2. The zero-order valence-corrected chi connectivity index (χ0v) is 19.1. The van der Waals surface area contributed by atoms with Crippen LogP contribution in [0.1, 0.15) is 49.3 Å². The minimum Gasteiger partial charge on any atom is -0.357 e. The molecule has 2 aliphatic heterocycles. The van der Waals surface area contributed by atoms with Gasteiger partial charge < -0.3 is 4.90 Å². The van der Waals surface area contributed by atoms with Crippen LogP contribution in [0.3, 0.4) is 0 Å². The van der Waals surface area contributed by atoms with E-state index < -0.39 is 0 Å². The first kappa shape index (κ1) is 22.3. The molecule has 8 heteroatoms. The number of carbonyl (C=O) groups excluding carboxylic acids is 1. The van der Waals surface area contributed by atoms with Gasteiger partial charge in [0.25, 0.3) is 11.5 Å². The molecule has 6 nitrogen and oxygen atoms in total. The summed E-state index contributed by atoms with van der Waals surface area (Å²) < 4.78 is 2.16. The lowest BCUT2D eigenvalue weighted by atomic mass is 10.0. The van der Waals surface area contributed by atoms with Crippen LogP contribution in [0.4, 0.5) is 5.82 Å². The van der Waals surface area contributed by atoms with Crippen LogP contribution in [0.25, 0.3) is 6.08 Å². The van der Waals surface area contributed by atoms with Gasteiger partial charge in [0.1, 0.15) is 21.8 Å². The first-order chi connectivity index (χ1) is 14.4. The monoisotopic (exact) mass is 442 g/mol. The van der Waals surface area contributed by atoms with Gasteiger partial charge in [0, 0.05) is 31.7 Å². The van der Waals surface area contributed by atoms with E-state index in [1.807, 2.05) is 13.0 Å². The topological polar surface area (TPSA) is 69.3 Å². The number of amides is 1. The van der Waals surface area contributed by atoms with Crippen molar-refractivity contribution >= 4 is 46.1 Å². The molecule has 0 saturated carbocycles. The number of thioether (sulfide) groups is 1. The van der Waals surface area contributed by atoms with E-state index >= 15 is 0 Å². The lowest BCUT2D eigenvalue weighted by Gasteiger charge is -2.29. The fourth-order valence-electron chi connectivity index (χ4n) is 3.98. The predicted molar refractivity (Wildman–Crippen MR) is 127 cm³/mol. The Kier molecular flexibility index (Phi) is 7.16. The third-order valence-corrected chi connectivity index (χ3v) is 6.91. The number of carbonyl (C=O) groups is 1. The molecule has 0 unspecified atom stereocenters. The maximum absolute atomic E-state index is 13.0. The second kappa shape index (κ2) is 9.63. The summed E-state index contributed by atoms with van der Waals surface area (Å²) in [5.41, 5.74) is 1.23. The summed E-state index contributed by atoms with van der Waals surface area (Å²) in [6, 6.07) is 2.07. The van der Waals surface area contributed by atoms with Crippen LogP contribution >= 0.6 is 24.0 Å². The van der Waals surface area contributed by atoms with Crippen molar-refractivity contribution in [2.75, 3.05) is 24.5 Å². The van der Waals surface area contributed by atoms with Crippen molar-refractivity contribution in [3.05, 3.63) is 44.6 Å². The van der Waals surface area contributed by atoms with Gasteiger partial charge in [-0.25, -0.2) is 0 Å². The van der Waals surface area contributed by atoms with Crippen LogP contribution in [-0.4, -0.2) is 39.3 Å². The molecular formula is C22H26N4O2S2. The molecule has 3 heterocycles. The smallest absolute Gasteiger partial charge is 0.270 e. The summed E-state index contributed by atoms with van der Waals surface area (Å²) in [5.74, 6) is 0.633. The van der Waals surface area contributed by atoms with Crippen LogP contribution in [0, 0.1) is 18.3 Å². The number of nitrogens with zero attached hydrogens (tertiary/aromatic N) is 4. The van der Waals surface area contributed by atoms with Gasteiger partial charge in [0.05, 0.1) is 4.91 Å². The van der Waals surface area contributed by atoms with Crippen molar-refractivity contribution in [1.29, 1.82) is 5.26 Å². The van der Waals surface area contributed by atoms with Crippen LogP contribution in [0.5, 0.6) is 0 Å². The van der Waals surface area contributed by atoms with E-state index in [1.54, 1.807) is 17.6 Å². The second-order valence-electron chi connectivity index (χ2n) is 7.38. The molecule has 0 bridgehead atoms. The predicted octanol–water partition coefficient (Wildman–Crippen LogP) is 3.82. The van der Waals surface area contributed by atoms with Gasteiger partial charge in [-0.2, -0.15) is 5.26 Å². The van der Waals surface area contributed by atoms with Crippen LogP contribution in [0.15, 0.2) is 22.4 Å². The van der Waals surface area contributed by atoms with E-state index in [-0.39, 0.29) is 17.0 Å². The number of aromatic nitrogens is 1. The summed E-state index contributed by atoms with van der Waals surface area (Å²) in [4.78, 5) is 30.2. The molecule has 0 aromatic carbocycles. The maximum Gasteiger partial charge on any atom is 0.270 e. The lowest BCUT2D eigenvalue weighted by molar-refractivity contribution is -0.121. The van der Waals surface area contributed by atoms with Crippen LogP contribution < -0.4 is 10.5 Å². The van der Waals surface area contributed by atoms with Gasteiger partial charge in [-0.1, -0.05) is 42.9 Å². The van der Waals surface area contributed by atoms with Gasteiger partial charge in [-0.3, -0.25) is 19.1 Å². The average molecular weight is 443 g/mol. The Morgan fingerprint density at radius 1 is 1.23 bits per heavy atom. The third-order valence-electron chi connectivity index (χ3n) is 5.53. The average Bonchev–Trinajstić information content (AvgIpc) is 2.92. The summed E-state index contributed by atoms with van der Waals surface area (Å²) in [7, 11) is 0. The fraction of sp³-hybridized carbons (Fsp3) is 0.455. The molecular weight excluding hydrogens is 416 g/mol. The van der Waals surface area contributed by atoms with Crippen molar-refractivity contribution in [1.82, 2.24) is 9.47 Å². The van der Waals surface area contributed by atoms with Gasteiger partial charge in [-0.05, 0) is 38.3 Å². The Morgan fingerprint density at radius 2 is 1.90 bits per heavy atom. The van der Waals surface area contributed by atoms with Crippen molar-refractivity contribution in [2.45, 2.75) is 46.1 Å². The standard InChI is InChI=1S/C22H26N4O2S2/c1-4-10-26-21(28)18(30-22(26)29)13-16-15(3)17(14-23)20(27)25(5-2)19(16)24-11-8-6-7-9-12-24/h4,13H,1,5-12H2,2-3H3/b18-13+. The number of hydrogen-bond acceptors (Lipinski definition) is 6. The van der Waals surface area contributed by atoms with E-state index in [4.69, 9.17) is 12.2 Å². The van der Waals surface area contributed by atoms with E-state index in [0.29, 0.717) is 27.9 Å². The Labute approximate surface area is 186 Å². The number of hydrogen-bond donors (Lipinski definition) is 0. The van der Waals surface area contributed by atoms with Gasteiger partial charge in [-0.15, -0.1) is 6.58 Å². The van der Waals surface area contributed by atoms with Crippen molar-refractivity contribution in [3.8, 4) is 6.07 Å². The molecule has 0 spiro atoms. The minimum atomic E-state index is -0.270. The molecule has 3 rings (SSSR count). The molecule has 1 aromatic heterocycles. The number of anilines is 1. The van der Waals surface area contributed by atoms with Gasteiger partial charge in [0.15, 0.2) is 0 Å². The summed E-state index contributed by atoms with van der Waals surface area (Å²) in [6.07, 6.45) is 7.89. The molecule has 1 aromatic rings. The highest BCUT2D eigenvalue weighted by Crippen LogP contribution is 2.36.